The average Bonchev–Trinajstić information content (AvgIpc) is 3.08. The fourth-order valence-electron chi connectivity index (χ4n) is 9.27. The van der Waals surface area contributed by atoms with Gasteiger partial charge in [-0.25, -0.2) is 0 Å². The Bertz CT molecular complexity index is 740. The van der Waals surface area contributed by atoms with Gasteiger partial charge in [0.15, 0.2) is 0 Å². The third kappa shape index (κ3) is 3.79. The Labute approximate surface area is 193 Å². The lowest BCUT2D eigenvalue weighted by Gasteiger charge is -2.56. The molecule has 1 nitrogen and oxygen atoms in total. The van der Waals surface area contributed by atoms with Crippen molar-refractivity contribution in [1.29, 1.82) is 0 Å². The Morgan fingerprint density at radius 2 is 1.81 bits per heavy atom. The van der Waals surface area contributed by atoms with Crippen LogP contribution in [-0.2, 0) is 0 Å². The van der Waals surface area contributed by atoms with Crippen molar-refractivity contribution in [2.24, 2.45) is 40.4 Å². The van der Waals surface area contributed by atoms with E-state index < -0.39 is 0 Å². The van der Waals surface area contributed by atoms with Crippen molar-refractivity contribution in [2.75, 3.05) is 0 Å². The molecule has 2 fully saturated rings. The van der Waals surface area contributed by atoms with Crippen LogP contribution in [0.1, 0.15) is 119 Å². The number of allylic oxidation sites excluding steroid dienone is 4. The van der Waals surface area contributed by atoms with Gasteiger partial charge in [0.25, 0.3) is 0 Å². The summed E-state index contributed by atoms with van der Waals surface area (Å²) in [6.45, 7) is 17.1. The summed E-state index contributed by atoms with van der Waals surface area (Å²) in [5, 5.41) is 10.5. The first-order chi connectivity index (χ1) is 14.6. The monoisotopic (exact) mass is 426 g/mol. The zero-order chi connectivity index (χ0) is 22.6. The summed E-state index contributed by atoms with van der Waals surface area (Å²) in [4.78, 5) is 0. The molecule has 0 aromatic heterocycles. The van der Waals surface area contributed by atoms with Crippen molar-refractivity contribution in [3.05, 3.63) is 22.3 Å². The smallest absolute Gasteiger partial charge is 0.0569 e. The van der Waals surface area contributed by atoms with E-state index in [2.05, 4.69) is 48.5 Å². The molecule has 0 spiro atoms. The molecule has 0 radical (unpaired) electrons. The van der Waals surface area contributed by atoms with Crippen molar-refractivity contribution in [1.82, 2.24) is 0 Å². The standard InChI is InChI=1S/C30H50O/c1-8-22(19(2)3)10-9-20(4)24-13-14-26-23-11-12-25-21(5)28(31)16-18-30(25,7)27(23)15-17-29(24,26)6/h20-21,24-26,28,31H,8-18H2,1-7H3/t20-,21+,24-,25+,26+,28+,29-,30+/m1/s1. The highest BCUT2D eigenvalue weighted by Gasteiger charge is 2.56. The van der Waals surface area contributed by atoms with E-state index in [-0.39, 0.29) is 6.10 Å². The van der Waals surface area contributed by atoms with Crippen molar-refractivity contribution in [3.8, 4) is 0 Å². The SMILES string of the molecule is CCC(CC[C@@H](C)[C@H]1CC[C@H]2C3=C(CC[C@]12C)[C@@]1(C)CC[C@H](O)[C@@H](C)[C@@H]1CC3)=C(C)C. The zero-order valence-electron chi connectivity index (χ0n) is 21.7. The van der Waals surface area contributed by atoms with Gasteiger partial charge in [-0.1, -0.05) is 56.9 Å². The summed E-state index contributed by atoms with van der Waals surface area (Å²) < 4.78 is 0. The van der Waals surface area contributed by atoms with Crippen molar-refractivity contribution in [2.45, 2.75) is 125 Å². The second kappa shape index (κ2) is 8.66. The van der Waals surface area contributed by atoms with Crippen LogP contribution in [-0.4, -0.2) is 11.2 Å². The Kier molecular flexibility index (Phi) is 6.59. The number of aliphatic hydroxyl groups excluding tert-OH is 1. The third-order valence-corrected chi connectivity index (χ3v) is 11.3. The van der Waals surface area contributed by atoms with Crippen LogP contribution in [0.3, 0.4) is 0 Å². The second-order valence-electron chi connectivity index (χ2n) is 12.7. The van der Waals surface area contributed by atoms with Gasteiger partial charge in [-0.2, -0.15) is 0 Å². The molecule has 0 aliphatic heterocycles. The summed E-state index contributed by atoms with van der Waals surface area (Å²) in [6.07, 6.45) is 14.4. The molecule has 1 heteroatoms. The van der Waals surface area contributed by atoms with Gasteiger partial charge >= 0.3 is 0 Å². The molecule has 0 aromatic carbocycles. The molecule has 4 aliphatic carbocycles. The van der Waals surface area contributed by atoms with E-state index >= 15 is 0 Å². The Balaban J connectivity index is 1.54. The lowest BCUT2D eigenvalue weighted by molar-refractivity contribution is -0.0336. The lowest BCUT2D eigenvalue weighted by atomic mass is 9.49. The van der Waals surface area contributed by atoms with Crippen LogP contribution in [0.2, 0.25) is 0 Å². The maximum atomic E-state index is 10.5. The average molecular weight is 427 g/mol. The molecule has 4 aliphatic rings. The first-order valence-electron chi connectivity index (χ1n) is 13.7. The molecule has 176 valence electrons. The number of hydrogen-bond acceptors (Lipinski definition) is 1. The first kappa shape index (κ1) is 23.6. The molecule has 4 rings (SSSR count). The molecule has 0 unspecified atom stereocenters. The Morgan fingerprint density at radius 3 is 2.48 bits per heavy atom. The van der Waals surface area contributed by atoms with Gasteiger partial charge in [-0.3, -0.25) is 0 Å². The number of aliphatic hydroxyl groups is 1. The predicted octanol–water partition coefficient (Wildman–Crippen LogP) is 8.48. The minimum atomic E-state index is -0.0698. The van der Waals surface area contributed by atoms with Crippen molar-refractivity contribution < 1.29 is 5.11 Å². The molecule has 0 heterocycles. The first-order valence-corrected chi connectivity index (χ1v) is 13.7. The van der Waals surface area contributed by atoms with Gasteiger partial charge in [0.1, 0.15) is 0 Å². The number of rotatable bonds is 5. The highest BCUT2D eigenvalue weighted by molar-refractivity contribution is 5.34. The van der Waals surface area contributed by atoms with Gasteiger partial charge in [-0.15, -0.1) is 0 Å². The quantitative estimate of drug-likeness (QED) is 0.437. The normalized spacial score (nSPS) is 43.2. The van der Waals surface area contributed by atoms with Crippen LogP contribution in [0.15, 0.2) is 22.3 Å². The Morgan fingerprint density at radius 1 is 1.06 bits per heavy atom. The summed E-state index contributed by atoms with van der Waals surface area (Å²) in [6, 6.07) is 0. The zero-order valence-corrected chi connectivity index (χ0v) is 21.7. The number of hydrogen-bond donors (Lipinski definition) is 1. The molecular formula is C30H50O. The van der Waals surface area contributed by atoms with E-state index in [1.807, 2.05) is 11.1 Å². The van der Waals surface area contributed by atoms with Crippen LogP contribution in [0.25, 0.3) is 0 Å². The fraction of sp³-hybridized carbons (Fsp3) is 0.867. The van der Waals surface area contributed by atoms with E-state index in [1.54, 1.807) is 11.1 Å². The maximum absolute atomic E-state index is 10.5. The molecular weight excluding hydrogens is 376 g/mol. The molecule has 8 atom stereocenters. The summed E-state index contributed by atoms with van der Waals surface area (Å²) in [7, 11) is 0. The molecule has 1 N–H and O–H groups in total. The van der Waals surface area contributed by atoms with Crippen LogP contribution >= 0.6 is 0 Å². The third-order valence-electron chi connectivity index (χ3n) is 11.3. The molecule has 0 aromatic rings. The molecule has 0 saturated heterocycles. The van der Waals surface area contributed by atoms with Crippen LogP contribution in [0.5, 0.6) is 0 Å². The number of fused-ring (bicyclic) bond motifs is 4. The predicted molar refractivity (Wildman–Crippen MR) is 133 cm³/mol. The summed E-state index contributed by atoms with van der Waals surface area (Å²) >= 11 is 0. The van der Waals surface area contributed by atoms with E-state index in [9.17, 15) is 5.11 Å². The molecule has 2 saturated carbocycles. The van der Waals surface area contributed by atoms with Crippen LogP contribution in [0.4, 0.5) is 0 Å². The highest BCUT2D eigenvalue weighted by Crippen LogP contribution is 2.66. The van der Waals surface area contributed by atoms with Gasteiger partial charge in [0.05, 0.1) is 6.10 Å². The maximum Gasteiger partial charge on any atom is 0.0569 e. The van der Waals surface area contributed by atoms with Gasteiger partial charge in [0.2, 0.25) is 0 Å². The summed E-state index contributed by atoms with van der Waals surface area (Å²) in [5.41, 5.74) is 7.92. The summed E-state index contributed by atoms with van der Waals surface area (Å²) in [5.74, 6) is 3.76. The van der Waals surface area contributed by atoms with Gasteiger partial charge in [0, 0.05) is 0 Å². The molecule has 0 bridgehead atoms. The Hall–Kier alpha value is -0.560. The highest BCUT2D eigenvalue weighted by atomic mass is 16.3. The minimum absolute atomic E-state index is 0.0698. The van der Waals surface area contributed by atoms with Gasteiger partial charge < -0.3 is 5.11 Å². The largest absolute Gasteiger partial charge is 0.393 e. The minimum Gasteiger partial charge on any atom is -0.393 e. The molecule has 31 heavy (non-hydrogen) atoms. The van der Waals surface area contributed by atoms with Crippen molar-refractivity contribution in [3.63, 3.8) is 0 Å². The topological polar surface area (TPSA) is 20.2 Å². The van der Waals surface area contributed by atoms with Gasteiger partial charge in [-0.05, 0) is 125 Å². The van der Waals surface area contributed by atoms with E-state index in [0.717, 1.165) is 24.2 Å². The van der Waals surface area contributed by atoms with Crippen LogP contribution < -0.4 is 0 Å². The van der Waals surface area contributed by atoms with E-state index in [0.29, 0.717) is 22.7 Å². The lowest BCUT2D eigenvalue weighted by Crippen LogP contribution is -2.49. The van der Waals surface area contributed by atoms with Crippen LogP contribution in [0, 0.1) is 40.4 Å². The fourth-order valence-corrected chi connectivity index (χ4v) is 9.27. The van der Waals surface area contributed by atoms with E-state index in [4.69, 9.17) is 0 Å². The van der Waals surface area contributed by atoms with Crippen molar-refractivity contribution >= 4 is 0 Å². The molecule has 0 amide bonds. The second-order valence-corrected chi connectivity index (χ2v) is 12.7. The van der Waals surface area contributed by atoms with E-state index in [1.165, 1.54) is 64.2 Å².